The zero-order valence-electron chi connectivity index (χ0n) is 11.7. The van der Waals surface area contributed by atoms with E-state index in [4.69, 9.17) is 11.6 Å². The summed E-state index contributed by atoms with van der Waals surface area (Å²) in [6.07, 6.45) is 4.44. The van der Waals surface area contributed by atoms with Crippen LogP contribution in [-0.2, 0) is 14.3 Å². The monoisotopic (exact) mass is 297 g/mol. The van der Waals surface area contributed by atoms with Gasteiger partial charge in [-0.15, -0.1) is 0 Å². The highest BCUT2D eigenvalue weighted by molar-refractivity contribution is 6.30. The van der Waals surface area contributed by atoms with Gasteiger partial charge in [-0.05, 0) is 37.1 Å². The predicted molar refractivity (Wildman–Crippen MR) is 79.8 cm³/mol. The first-order valence-corrected chi connectivity index (χ1v) is 7.12. The molecule has 110 valence electrons. The van der Waals surface area contributed by atoms with Crippen LogP contribution in [0.3, 0.4) is 0 Å². The van der Waals surface area contributed by atoms with Gasteiger partial charge in [0, 0.05) is 23.6 Å². The molecule has 0 aromatic heterocycles. The number of benzene rings is 1. The molecule has 0 bridgehead atoms. The highest BCUT2D eigenvalue weighted by Crippen LogP contribution is 2.14. The average molecular weight is 298 g/mol. The van der Waals surface area contributed by atoms with Gasteiger partial charge in [-0.25, -0.2) is 0 Å². The summed E-state index contributed by atoms with van der Waals surface area (Å²) in [6.45, 7) is 0. The molecule has 0 unspecified atom stereocenters. The maximum atomic E-state index is 11.7. The van der Waals surface area contributed by atoms with Crippen molar-refractivity contribution in [1.82, 2.24) is 0 Å². The minimum atomic E-state index is -0.175. The number of hydrogen-bond acceptors (Lipinski definition) is 3. The summed E-state index contributed by atoms with van der Waals surface area (Å²) in [7, 11) is 1.39. The van der Waals surface area contributed by atoms with Gasteiger partial charge < -0.3 is 10.1 Å². The molecule has 1 aromatic carbocycles. The second kappa shape index (κ2) is 9.37. The Hall–Kier alpha value is -1.55. The second-order valence-electron chi connectivity index (χ2n) is 4.55. The van der Waals surface area contributed by atoms with Crippen LogP contribution in [0.25, 0.3) is 0 Å². The van der Waals surface area contributed by atoms with Crippen molar-refractivity contribution in [3.8, 4) is 0 Å². The molecule has 0 saturated heterocycles. The number of unbranched alkanes of at least 4 members (excludes halogenated alkanes) is 3. The van der Waals surface area contributed by atoms with Gasteiger partial charge in [-0.1, -0.05) is 24.4 Å². The Labute approximate surface area is 124 Å². The van der Waals surface area contributed by atoms with Gasteiger partial charge in [0.05, 0.1) is 7.11 Å². The van der Waals surface area contributed by atoms with Crippen molar-refractivity contribution in [2.45, 2.75) is 38.5 Å². The summed E-state index contributed by atoms with van der Waals surface area (Å²) < 4.78 is 4.56. The number of hydrogen-bond donors (Lipinski definition) is 1. The highest BCUT2D eigenvalue weighted by Gasteiger charge is 2.03. The van der Waals surface area contributed by atoms with E-state index in [-0.39, 0.29) is 11.9 Å². The second-order valence-corrected chi connectivity index (χ2v) is 4.98. The summed E-state index contributed by atoms with van der Waals surface area (Å²) in [5.74, 6) is -0.175. The van der Waals surface area contributed by atoms with Gasteiger partial charge in [-0.3, -0.25) is 9.59 Å². The Morgan fingerprint density at radius 1 is 1.05 bits per heavy atom. The average Bonchev–Trinajstić information content (AvgIpc) is 2.44. The van der Waals surface area contributed by atoms with Crippen LogP contribution in [0.15, 0.2) is 24.3 Å². The first-order valence-electron chi connectivity index (χ1n) is 6.74. The van der Waals surface area contributed by atoms with Crippen molar-refractivity contribution in [1.29, 1.82) is 0 Å². The van der Waals surface area contributed by atoms with Crippen molar-refractivity contribution in [3.05, 3.63) is 29.3 Å². The zero-order valence-corrected chi connectivity index (χ0v) is 12.4. The summed E-state index contributed by atoms with van der Waals surface area (Å²) in [5, 5.41) is 3.46. The lowest BCUT2D eigenvalue weighted by Crippen LogP contribution is -2.10. The number of carbonyl (C=O) groups excluding carboxylic acids is 2. The molecule has 0 aliphatic rings. The summed E-state index contributed by atoms with van der Waals surface area (Å²) in [4.78, 5) is 22.6. The van der Waals surface area contributed by atoms with Crippen LogP contribution < -0.4 is 5.32 Å². The number of amides is 1. The fourth-order valence-corrected chi connectivity index (χ4v) is 1.89. The number of rotatable bonds is 8. The van der Waals surface area contributed by atoms with E-state index in [9.17, 15) is 9.59 Å². The van der Waals surface area contributed by atoms with Crippen molar-refractivity contribution in [2.24, 2.45) is 0 Å². The normalized spacial score (nSPS) is 10.1. The number of methoxy groups -OCH3 is 1. The molecule has 1 N–H and O–H groups in total. The molecule has 1 rings (SSSR count). The maximum Gasteiger partial charge on any atom is 0.305 e. The Morgan fingerprint density at radius 2 is 1.65 bits per heavy atom. The van der Waals surface area contributed by atoms with Crippen molar-refractivity contribution in [2.75, 3.05) is 12.4 Å². The van der Waals surface area contributed by atoms with Gasteiger partial charge in [0.2, 0.25) is 5.91 Å². The molecule has 20 heavy (non-hydrogen) atoms. The highest BCUT2D eigenvalue weighted by atomic mass is 35.5. The largest absolute Gasteiger partial charge is 0.469 e. The number of esters is 1. The van der Waals surface area contributed by atoms with Gasteiger partial charge >= 0.3 is 5.97 Å². The lowest BCUT2D eigenvalue weighted by atomic mass is 10.1. The van der Waals surface area contributed by atoms with Crippen LogP contribution in [0.2, 0.25) is 5.02 Å². The van der Waals surface area contributed by atoms with Crippen LogP contribution in [0, 0.1) is 0 Å². The van der Waals surface area contributed by atoms with E-state index in [1.165, 1.54) is 7.11 Å². The number of halogens is 1. The molecule has 0 aliphatic heterocycles. The smallest absolute Gasteiger partial charge is 0.305 e. The fraction of sp³-hybridized carbons (Fsp3) is 0.467. The Balaban J connectivity index is 2.08. The minimum absolute atomic E-state index is 0.000269. The molecule has 1 aromatic rings. The molecule has 0 aliphatic carbocycles. The van der Waals surface area contributed by atoms with E-state index < -0.39 is 0 Å². The maximum absolute atomic E-state index is 11.7. The lowest BCUT2D eigenvalue weighted by molar-refractivity contribution is -0.140. The lowest BCUT2D eigenvalue weighted by Gasteiger charge is -2.05. The SMILES string of the molecule is COC(=O)CCCCCCC(=O)Nc1ccc(Cl)cc1. The molecule has 0 saturated carbocycles. The summed E-state index contributed by atoms with van der Waals surface area (Å²) >= 11 is 5.77. The number of nitrogens with one attached hydrogen (secondary N) is 1. The number of carbonyl (C=O) groups is 2. The summed E-state index contributed by atoms with van der Waals surface area (Å²) in [6, 6.07) is 7.03. The fourth-order valence-electron chi connectivity index (χ4n) is 1.77. The third-order valence-corrected chi connectivity index (χ3v) is 3.14. The number of ether oxygens (including phenoxy) is 1. The van der Waals surface area contributed by atoms with E-state index in [1.807, 2.05) is 0 Å². The van der Waals surface area contributed by atoms with Crippen LogP contribution in [0.4, 0.5) is 5.69 Å². The van der Waals surface area contributed by atoms with E-state index in [1.54, 1.807) is 24.3 Å². The minimum Gasteiger partial charge on any atom is -0.469 e. The van der Waals surface area contributed by atoms with Gasteiger partial charge in [-0.2, -0.15) is 0 Å². The molecule has 0 radical (unpaired) electrons. The van der Waals surface area contributed by atoms with E-state index in [0.29, 0.717) is 17.9 Å². The molecular weight excluding hydrogens is 278 g/mol. The zero-order chi connectivity index (χ0) is 14.8. The molecule has 1 amide bonds. The topological polar surface area (TPSA) is 55.4 Å². The van der Waals surface area contributed by atoms with Crippen LogP contribution in [-0.4, -0.2) is 19.0 Å². The Kier molecular flexibility index (Phi) is 7.73. The van der Waals surface area contributed by atoms with Crippen LogP contribution >= 0.6 is 11.6 Å². The first kappa shape index (κ1) is 16.5. The van der Waals surface area contributed by atoms with E-state index in [0.717, 1.165) is 31.4 Å². The van der Waals surface area contributed by atoms with E-state index in [2.05, 4.69) is 10.1 Å². The number of anilines is 1. The van der Waals surface area contributed by atoms with Crippen LogP contribution in [0.5, 0.6) is 0 Å². The molecule has 0 spiro atoms. The first-order chi connectivity index (χ1) is 9.61. The Morgan fingerprint density at radius 3 is 2.25 bits per heavy atom. The molecular formula is C15H20ClNO3. The Bertz CT molecular complexity index is 431. The van der Waals surface area contributed by atoms with Crippen molar-refractivity contribution in [3.63, 3.8) is 0 Å². The quantitative estimate of drug-likeness (QED) is 0.586. The molecule has 5 heteroatoms. The third kappa shape index (κ3) is 7.14. The predicted octanol–water partition coefficient (Wildman–Crippen LogP) is 3.79. The van der Waals surface area contributed by atoms with Crippen molar-refractivity contribution < 1.29 is 14.3 Å². The standard InChI is InChI=1S/C15H20ClNO3/c1-20-15(19)7-5-3-2-4-6-14(18)17-13-10-8-12(16)9-11-13/h8-11H,2-7H2,1H3,(H,17,18). The summed E-state index contributed by atoms with van der Waals surface area (Å²) in [5.41, 5.74) is 0.755. The van der Waals surface area contributed by atoms with Gasteiger partial charge in [0.25, 0.3) is 0 Å². The molecule has 0 heterocycles. The van der Waals surface area contributed by atoms with E-state index >= 15 is 0 Å². The van der Waals surface area contributed by atoms with Crippen molar-refractivity contribution >= 4 is 29.2 Å². The third-order valence-electron chi connectivity index (χ3n) is 2.89. The molecule has 4 nitrogen and oxygen atoms in total. The molecule has 0 atom stereocenters. The van der Waals surface area contributed by atoms with Gasteiger partial charge in [0.1, 0.15) is 0 Å². The molecule has 0 fully saturated rings. The van der Waals surface area contributed by atoms with Crippen LogP contribution in [0.1, 0.15) is 38.5 Å². The van der Waals surface area contributed by atoms with Gasteiger partial charge in [0.15, 0.2) is 0 Å².